The Kier molecular flexibility index (Phi) is 5.42. The molecule has 1 saturated heterocycles. The van der Waals surface area contributed by atoms with Crippen LogP contribution in [0, 0.1) is 6.92 Å². The average molecular weight is 445 g/mol. The molecule has 0 unspecified atom stereocenters. The summed E-state index contributed by atoms with van der Waals surface area (Å²) in [6.45, 7) is 12.7. The molecule has 0 bridgehead atoms. The van der Waals surface area contributed by atoms with Gasteiger partial charge in [-0.1, -0.05) is 64.1 Å². The third-order valence-electron chi connectivity index (χ3n) is 8.08. The molecule has 0 amide bonds. The number of rotatable bonds is 3. The molecule has 0 aromatic heterocycles. The Hall–Kier alpha value is -2.23. The van der Waals surface area contributed by atoms with E-state index < -0.39 is 5.79 Å². The molecule has 1 fully saturated rings. The average Bonchev–Trinajstić information content (AvgIpc) is 3.28. The maximum atomic E-state index is 12.4. The summed E-state index contributed by atoms with van der Waals surface area (Å²) in [5.74, 6) is -0.659. The first-order valence-electron chi connectivity index (χ1n) is 12.4. The lowest BCUT2D eigenvalue weighted by molar-refractivity contribution is -0.130. The minimum atomic E-state index is -0.903. The topological polar surface area (TPSA) is 35.5 Å². The minimum Gasteiger partial charge on any atom is -0.340 e. The van der Waals surface area contributed by atoms with Crippen LogP contribution in [0.25, 0.3) is 5.57 Å². The first-order valence-corrected chi connectivity index (χ1v) is 12.4. The minimum absolute atomic E-state index is 0.116. The number of Topliss-reactive ketones (excluding diaryl/α,β-unsaturated/α-hetero) is 1. The zero-order valence-corrected chi connectivity index (χ0v) is 20.7. The van der Waals surface area contributed by atoms with Crippen LogP contribution in [-0.2, 0) is 30.9 Å². The van der Waals surface area contributed by atoms with Crippen molar-refractivity contribution in [3.8, 4) is 0 Å². The van der Waals surface area contributed by atoms with Crippen LogP contribution in [0.15, 0.2) is 42.5 Å². The Morgan fingerprint density at radius 2 is 1.42 bits per heavy atom. The Labute approximate surface area is 198 Å². The largest absolute Gasteiger partial charge is 0.340 e. The van der Waals surface area contributed by atoms with Gasteiger partial charge in [0.2, 0.25) is 5.79 Å². The van der Waals surface area contributed by atoms with Crippen molar-refractivity contribution in [1.82, 2.24) is 0 Å². The fourth-order valence-electron chi connectivity index (χ4n) is 5.87. The van der Waals surface area contributed by atoms with Crippen molar-refractivity contribution in [2.45, 2.75) is 83.3 Å². The van der Waals surface area contributed by atoms with E-state index in [9.17, 15) is 4.79 Å². The zero-order valence-electron chi connectivity index (χ0n) is 20.7. The van der Waals surface area contributed by atoms with Crippen LogP contribution in [0.5, 0.6) is 0 Å². The number of hydrogen-bond donors (Lipinski definition) is 0. The second-order valence-electron chi connectivity index (χ2n) is 11.3. The van der Waals surface area contributed by atoms with Gasteiger partial charge in [0, 0.05) is 23.1 Å². The first-order chi connectivity index (χ1) is 15.6. The number of ketones is 1. The van der Waals surface area contributed by atoms with Crippen molar-refractivity contribution >= 4 is 11.4 Å². The highest BCUT2D eigenvalue weighted by Gasteiger charge is 2.45. The van der Waals surface area contributed by atoms with Crippen molar-refractivity contribution in [3.05, 3.63) is 75.9 Å². The number of carbonyl (C=O) groups is 1. The highest BCUT2D eigenvalue weighted by atomic mass is 16.7. The summed E-state index contributed by atoms with van der Waals surface area (Å²) >= 11 is 0. The van der Waals surface area contributed by atoms with Crippen LogP contribution in [0.1, 0.15) is 93.2 Å². The van der Waals surface area contributed by atoms with E-state index in [4.69, 9.17) is 9.47 Å². The highest BCUT2D eigenvalue weighted by Crippen LogP contribution is 2.49. The van der Waals surface area contributed by atoms with E-state index >= 15 is 0 Å². The third kappa shape index (κ3) is 3.70. The summed E-state index contributed by atoms with van der Waals surface area (Å²) in [5.41, 5.74) is 8.28. The van der Waals surface area contributed by atoms with Gasteiger partial charge >= 0.3 is 0 Å². The highest BCUT2D eigenvalue weighted by molar-refractivity contribution is 6.21. The normalized spacial score (nSPS) is 23.2. The van der Waals surface area contributed by atoms with Crippen LogP contribution in [0.4, 0.5) is 0 Å². The summed E-state index contributed by atoms with van der Waals surface area (Å²) < 4.78 is 12.8. The molecule has 2 aromatic rings. The smallest absolute Gasteiger partial charge is 0.222 e. The van der Waals surface area contributed by atoms with Crippen LogP contribution in [-0.4, -0.2) is 19.0 Å². The molecule has 2 aromatic carbocycles. The van der Waals surface area contributed by atoms with Crippen molar-refractivity contribution in [2.24, 2.45) is 0 Å². The summed E-state index contributed by atoms with van der Waals surface area (Å²) in [4.78, 5) is 12.4. The molecule has 0 N–H and O–H groups in total. The molecule has 3 nitrogen and oxygen atoms in total. The van der Waals surface area contributed by atoms with Gasteiger partial charge in [-0.25, -0.2) is 0 Å². The summed E-state index contributed by atoms with van der Waals surface area (Å²) in [7, 11) is 0. The molecule has 0 atom stereocenters. The zero-order chi connectivity index (χ0) is 23.4. The van der Waals surface area contributed by atoms with Crippen LogP contribution in [0.2, 0.25) is 0 Å². The second kappa shape index (κ2) is 7.92. The van der Waals surface area contributed by atoms with E-state index in [1.807, 2.05) is 0 Å². The van der Waals surface area contributed by atoms with Crippen molar-refractivity contribution < 1.29 is 14.3 Å². The standard InChI is InChI=1S/C30H36O3/c1-20-18-25-26(29(4,5)15-14-28(25,2)3)19-24(20)30(32-16-17-33-30)22-12-10-21(11-13-22)23-8-6-7-9-27(23)31/h8,10-13,18-19H,6-7,9,14-17H2,1-5H3. The van der Waals surface area contributed by atoms with E-state index in [2.05, 4.69) is 77.1 Å². The van der Waals surface area contributed by atoms with Gasteiger partial charge in [0.15, 0.2) is 5.78 Å². The number of hydrogen-bond acceptors (Lipinski definition) is 3. The molecule has 0 radical (unpaired) electrons. The third-order valence-corrected chi connectivity index (χ3v) is 8.08. The molecule has 5 rings (SSSR count). The van der Waals surface area contributed by atoms with Gasteiger partial charge in [0.1, 0.15) is 0 Å². The Morgan fingerprint density at radius 1 is 0.818 bits per heavy atom. The van der Waals surface area contributed by atoms with E-state index in [-0.39, 0.29) is 16.6 Å². The summed E-state index contributed by atoms with van der Waals surface area (Å²) in [6.07, 6.45) is 7.01. The molecular weight excluding hydrogens is 408 g/mol. The number of ether oxygens (including phenoxy) is 2. The molecule has 1 heterocycles. The lowest BCUT2D eigenvalue weighted by Gasteiger charge is -2.43. The SMILES string of the molecule is Cc1cc2c(cc1C1(c3ccc(C4=CCCCC4=O)cc3)OCCO1)C(C)(C)CCC2(C)C. The van der Waals surface area contributed by atoms with Crippen LogP contribution < -0.4 is 0 Å². The molecule has 0 spiro atoms. The Morgan fingerprint density at radius 3 is 2.03 bits per heavy atom. The molecule has 1 aliphatic heterocycles. The molecule has 3 aliphatic rings. The number of fused-ring (bicyclic) bond motifs is 1. The summed E-state index contributed by atoms with van der Waals surface area (Å²) in [6, 6.07) is 13.0. The lowest BCUT2D eigenvalue weighted by atomic mass is 9.62. The Bertz CT molecular complexity index is 1110. The van der Waals surface area contributed by atoms with E-state index in [0.717, 1.165) is 35.1 Å². The number of benzene rings is 2. The number of aryl methyl sites for hydroxylation is 1. The van der Waals surface area contributed by atoms with Crippen LogP contribution in [0.3, 0.4) is 0 Å². The van der Waals surface area contributed by atoms with E-state index in [0.29, 0.717) is 19.6 Å². The van der Waals surface area contributed by atoms with Crippen molar-refractivity contribution in [3.63, 3.8) is 0 Å². The van der Waals surface area contributed by atoms with Gasteiger partial charge in [-0.05, 0) is 71.8 Å². The maximum absolute atomic E-state index is 12.4. The number of allylic oxidation sites excluding steroid dienone is 2. The number of carbonyl (C=O) groups excluding carboxylic acids is 1. The fraction of sp³-hybridized carbons (Fsp3) is 0.500. The molecule has 3 heteroatoms. The quantitative estimate of drug-likeness (QED) is 0.527. The van der Waals surface area contributed by atoms with Crippen LogP contribution >= 0.6 is 0 Å². The molecule has 2 aliphatic carbocycles. The molecule has 33 heavy (non-hydrogen) atoms. The van der Waals surface area contributed by atoms with Crippen molar-refractivity contribution in [1.29, 1.82) is 0 Å². The van der Waals surface area contributed by atoms with Gasteiger partial charge in [0.05, 0.1) is 13.2 Å². The first kappa shape index (κ1) is 22.6. The monoisotopic (exact) mass is 444 g/mol. The van der Waals surface area contributed by atoms with Gasteiger partial charge in [0.25, 0.3) is 0 Å². The van der Waals surface area contributed by atoms with Gasteiger partial charge in [-0.2, -0.15) is 0 Å². The second-order valence-corrected chi connectivity index (χ2v) is 11.3. The van der Waals surface area contributed by atoms with Gasteiger partial charge in [-0.15, -0.1) is 0 Å². The molecule has 174 valence electrons. The van der Waals surface area contributed by atoms with Crippen molar-refractivity contribution in [2.75, 3.05) is 13.2 Å². The summed E-state index contributed by atoms with van der Waals surface area (Å²) in [5, 5.41) is 0. The molecular formula is C30H36O3. The van der Waals surface area contributed by atoms with Gasteiger partial charge < -0.3 is 9.47 Å². The Balaban J connectivity index is 1.61. The maximum Gasteiger partial charge on any atom is 0.222 e. The van der Waals surface area contributed by atoms with E-state index in [1.165, 1.54) is 29.5 Å². The lowest BCUT2D eigenvalue weighted by Crippen LogP contribution is -2.36. The fourth-order valence-corrected chi connectivity index (χ4v) is 5.87. The predicted molar refractivity (Wildman–Crippen MR) is 132 cm³/mol. The molecule has 0 saturated carbocycles. The predicted octanol–water partition coefficient (Wildman–Crippen LogP) is 6.73. The van der Waals surface area contributed by atoms with Gasteiger partial charge in [-0.3, -0.25) is 4.79 Å². The van der Waals surface area contributed by atoms with E-state index in [1.54, 1.807) is 0 Å².